The molecule has 1 saturated heterocycles. The summed E-state index contributed by atoms with van der Waals surface area (Å²) in [6, 6.07) is -0.236. The molecule has 21 heavy (non-hydrogen) atoms. The summed E-state index contributed by atoms with van der Waals surface area (Å²) in [5.41, 5.74) is 0.00112. The van der Waals surface area contributed by atoms with Gasteiger partial charge in [0.2, 0.25) is 0 Å². The molecule has 0 bridgehead atoms. The zero-order valence-corrected chi connectivity index (χ0v) is 13.1. The summed E-state index contributed by atoms with van der Waals surface area (Å²) in [6.45, 7) is 8.97. The highest BCUT2D eigenvalue weighted by molar-refractivity contribution is 5.67. The number of nitrogens with zero attached hydrogens (tertiary/aromatic N) is 4. The number of carboxylic acid groups (broad SMARTS) is 1. The molecule has 7 heteroatoms. The Bertz CT molecular complexity index is 495. The van der Waals surface area contributed by atoms with Crippen molar-refractivity contribution in [1.29, 1.82) is 0 Å². The molecule has 7 nitrogen and oxygen atoms in total. The third-order valence-electron chi connectivity index (χ3n) is 3.83. The Hall–Kier alpha value is -1.50. The summed E-state index contributed by atoms with van der Waals surface area (Å²) < 4.78 is 7.28. The Morgan fingerprint density at radius 3 is 2.76 bits per heavy atom. The van der Waals surface area contributed by atoms with Crippen LogP contribution in [0.5, 0.6) is 0 Å². The standard InChI is InChI=1S/C14H24N4O3/c1-9-11(5-6-21-9)13-15-16-17-18(13)10(7-12(19)20)8-14(2,3)4/h9-11H,5-8H2,1-4H3,(H,19,20). The molecule has 1 aromatic heterocycles. The summed E-state index contributed by atoms with van der Waals surface area (Å²) in [6.07, 6.45) is 1.67. The van der Waals surface area contributed by atoms with Crippen molar-refractivity contribution in [2.45, 2.75) is 65.0 Å². The second-order valence-electron chi connectivity index (χ2n) is 6.97. The molecule has 2 heterocycles. The van der Waals surface area contributed by atoms with Gasteiger partial charge in [-0.15, -0.1) is 5.10 Å². The predicted octanol–water partition coefficient (Wildman–Crippen LogP) is 2.02. The van der Waals surface area contributed by atoms with Gasteiger partial charge in [-0.1, -0.05) is 20.8 Å². The fourth-order valence-electron chi connectivity index (χ4n) is 2.93. The molecule has 0 aliphatic carbocycles. The maximum Gasteiger partial charge on any atom is 0.305 e. The van der Waals surface area contributed by atoms with Crippen LogP contribution in [0.4, 0.5) is 0 Å². The molecule has 0 radical (unpaired) electrons. The van der Waals surface area contributed by atoms with Crippen LogP contribution in [0.15, 0.2) is 0 Å². The first kappa shape index (κ1) is 15.9. The molecule has 0 spiro atoms. The van der Waals surface area contributed by atoms with Crippen molar-refractivity contribution in [3.63, 3.8) is 0 Å². The van der Waals surface area contributed by atoms with Crippen LogP contribution in [0.1, 0.15) is 64.7 Å². The zero-order chi connectivity index (χ0) is 15.6. The average Bonchev–Trinajstić information content (AvgIpc) is 2.93. The lowest BCUT2D eigenvalue weighted by Gasteiger charge is -2.26. The summed E-state index contributed by atoms with van der Waals surface area (Å²) >= 11 is 0. The van der Waals surface area contributed by atoms with Crippen LogP contribution in [0.3, 0.4) is 0 Å². The molecule has 0 amide bonds. The highest BCUT2D eigenvalue weighted by Gasteiger charge is 2.34. The maximum absolute atomic E-state index is 11.2. The van der Waals surface area contributed by atoms with E-state index >= 15 is 0 Å². The van der Waals surface area contributed by atoms with Crippen molar-refractivity contribution in [2.75, 3.05) is 6.61 Å². The Balaban J connectivity index is 2.27. The minimum absolute atomic E-state index is 0.00112. The van der Waals surface area contributed by atoms with E-state index in [0.717, 1.165) is 12.2 Å². The van der Waals surface area contributed by atoms with E-state index in [1.54, 1.807) is 4.68 Å². The molecule has 2 rings (SSSR count). The van der Waals surface area contributed by atoms with E-state index in [-0.39, 0.29) is 29.9 Å². The lowest BCUT2D eigenvalue weighted by molar-refractivity contribution is -0.138. The van der Waals surface area contributed by atoms with Gasteiger partial charge in [0.1, 0.15) is 0 Å². The normalized spacial score (nSPS) is 24.2. The van der Waals surface area contributed by atoms with Crippen molar-refractivity contribution in [1.82, 2.24) is 20.2 Å². The molecular weight excluding hydrogens is 272 g/mol. The van der Waals surface area contributed by atoms with E-state index in [0.29, 0.717) is 13.0 Å². The highest BCUT2D eigenvalue weighted by atomic mass is 16.5. The summed E-state index contributed by atoms with van der Waals surface area (Å²) in [4.78, 5) is 11.2. The van der Waals surface area contributed by atoms with Gasteiger partial charge in [0.05, 0.1) is 18.6 Å². The largest absolute Gasteiger partial charge is 0.481 e. The van der Waals surface area contributed by atoms with Crippen LogP contribution >= 0.6 is 0 Å². The summed E-state index contributed by atoms with van der Waals surface area (Å²) in [7, 11) is 0. The molecule has 1 fully saturated rings. The van der Waals surface area contributed by atoms with Gasteiger partial charge in [0.25, 0.3) is 0 Å². The lowest BCUT2D eigenvalue weighted by atomic mass is 9.86. The number of hydrogen-bond acceptors (Lipinski definition) is 5. The molecule has 0 aromatic carbocycles. The molecule has 1 aromatic rings. The molecule has 1 N–H and O–H groups in total. The van der Waals surface area contributed by atoms with Gasteiger partial charge in [0, 0.05) is 12.5 Å². The third kappa shape index (κ3) is 4.00. The molecule has 1 aliphatic rings. The number of tetrazole rings is 1. The minimum Gasteiger partial charge on any atom is -0.481 e. The van der Waals surface area contributed by atoms with Crippen LogP contribution < -0.4 is 0 Å². The second-order valence-corrected chi connectivity index (χ2v) is 6.97. The van der Waals surface area contributed by atoms with E-state index in [9.17, 15) is 9.90 Å². The van der Waals surface area contributed by atoms with E-state index in [4.69, 9.17) is 4.74 Å². The monoisotopic (exact) mass is 296 g/mol. The lowest BCUT2D eigenvalue weighted by Crippen LogP contribution is -2.25. The number of rotatable bonds is 5. The maximum atomic E-state index is 11.2. The van der Waals surface area contributed by atoms with Gasteiger partial charge < -0.3 is 9.84 Å². The quantitative estimate of drug-likeness (QED) is 0.894. The first-order valence-corrected chi connectivity index (χ1v) is 7.39. The van der Waals surface area contributed by atoms with Crippen LogP contribution in [-0.2, 0) is 9.53 Å². The summed E-state index contributed by atoms with van der Waals surface area (Å²) in [5, 5.41) is 21.2. The Kier molecular flexibility index (Phi) is 4.61. The van der Waals surface area contributed by atoms with Crippen molar-refractivity contribution in [3.05, 3.63) is 5.82 Å². The van der Waals surface area contributed by atoms with Gasteiger partial charge in [-0.3, -0.25) is 4.79 Å². The second kappa shape index (κ2) is 6.09. The van der Waals surface area contributed by atoms with Crippen LogP contribution in [-0.4, -0.2) is 44.0 Å². The highest BCUT2D eigenvalue weighted by Crippen LogP contribution is 2.34. The van der Waals surface area contributed by atoms with Gasteiger partial charge in [-0.2, -0.15) is 0 Å². The molecule has 0 saturated carbocycles. The molecule has 3 atom stereocenters. The van der Waals surface area contributed by atoms with E-state index in [1.807, 2.05) is 6.92 Å². The number of aromatic nitrogens is 4. The third-order valence-corrected chi connectivity index (χ3v) is 3.83. The molecule has 1 aliphatic heterocycles. The smallest absolute Gasteiger partial charge is 0.305 e. The zero-order valence-electron chi connectivity index (χ0n) is 13.1. The summed E-state index contributed by atoms with van der Waals surface area (Å²) in [5.74, 6) is 0.0492. The molecule has 118 valence electrons. The predicted molar refractivity (Wildman–Crippen MR) is 76.0 cm³/mol. The van der Waals surface area contributed by atoms with Crippen molar-refractivity contribution in [3.8, 4) is 0 Å². The molecular formula is C14H24N4O3. The number of ether oxygens (including phenoxy) is 1. The number of carbonyl (C=O) groups is 1. The van der Waals surface area contributed by atoms with E-state index in [2.05, 4.69) is 36.3 Å². The number of aliphatic carboxylic acids is 1. The average molecular weight is 296 g/mol. The first-order valence-electron chi connectivity index (χ1n) is 7.39. The van der Waals surface area contributed by atoms with E-state index in [1.165, 1.54) is 0 Å². The van der Waals surface area contributed by atoms with Gasteiger partial charge in [-0.25, -0.2) is 4.68 Å². The van der Waals surface area contributed by atoms with Crippen LogP contribution in [0, 0.1) is 5.41 Å². The minimum atomic E-state index is -0.832. The van der Waals surface area contributed by atoms with Gasteiger partial charge in [0.15, 0.2) is 5.82 Å². The van der Waals surface area contributed by atoms with Crippen LogP contribution in [0.25, 0.3) is 0 Å². The topological polar surface area (TPSA) is 90.1 Å². The Morgan fingerprint density at radius 1 is 1.52 bits per heavy atom. The Labute approximate surface area is 124 Å². The first-order chi connectivity index (χ1) is 9.78. The Morgan fingerprint density at radius 2 is 2.24 bits per heavy atom. The van der Waals surface area contributed by atoms with Crippen molar-refractivity contribution < 1.29 is 14.6 Å². The van der Waals surface area contributed by atoms with Crippen molar-refractivity contribution in [2.24, 2.45) is 5.41 Å². The fourth-order valence-corrected chi connectivity index (χ4v) is 2.93. The van der Waals surface area contributed by atoms with Gasteiger partial charge in [-0.05, 0) is 35.6 Å². The van der Waals surface area contributed by atoms with Gasteiger partial charge >= 0.3 is 5.97 Å². The SMILES string of the molecule is CC1OCCC1c1nnnn1C(CC(=O)O)CC(C)(C)C. The number of carboxylic acids is 1. The van der Waals surface area contributed by atoms with Crippen molar-refractivity contribution >= 4 is 5.97 Å². The molecule has 3 unspecified atom stereocenters. The number of hydrogen-bond donors (Lipinski definition) is 1. The fraction of sp³-hybridized carbons (Fsp3) is 0.857. The van der Waals surface area contributed by atoms with Crippen LogP contribution in [0.2, 0.25) is 0 Å². The van der Waals surface area contributed by atoms with E-state index < -0.39 is 5.97 Å².